The van der Waals surface area contributed by atoms with Crippen LogP contribution in [0, 0.1) is 0 Å². The molecule has 3 aromatic rings. The minimum absolute atomic E-state index is 0.0877. The number of hydrogen-bond donors (Lipinski definition) is 2. The number of aromatic amines is 1. The Bertz CT molecular complexity index is 1040. The van der Waals surface area contributed by atoms with Crippen molar-refractivity contribution >= 4 is 34.5 Å². The number of amides is 2. The Morgan fingerprint density at radius 2 is 2.12 bits per heavy atom. The van der Waals surface area contributed by atoms with Crippen LogP contribution in [0.5, 0.6) is 0 Å². The molecule has 2 amide bonds. The summed E-state index contributed by atoms with van der Waals surface area (Å²) in [6.07, 6.45) is 2.45. The molecule has 0 unspecified atom stereocenters. The van der Waals surface area contributed by atoms with Crippen molar-refractivity contribution in [1.29, 1.82) is 0 Å². The van der Waals surface area contributed by atoms with Crippen molar-refractivity contribution in [2.75, 3.05) is 5.32 Å². The maximum atomic E-state index is 12.9. The predicted molar refractivity (Wildman–Crippen MR) is 92.6 cm³/mol. The molecule has 1 fully saturated rings. The van der Waals surface area contributed by atoms with Gasteiger partial charge in [-0.15, -0.1) is 0 Å². The lowest BCUT2D eigenvalue weighted by molar-refractivity contribution is 0.177. The van der Waals surface area contributed by atoms with Gasteiger partial charge in [-0.05, 0) is 43.0 Å². The number of benzene rings is 1. The quantitative estimate of drug-likeness (QED) is 0.696. The van der Waals surface area contributed by atoms with E-state index in [1.54, 1.807) is 6.07 Å². The summed E-state index contributed by atoms with van der Waals surface area (Å²) in [5.74, 6) is 0. The Balaban J connectivity index is 1.44. The molecule has 2 atom stereocenters. The van der Waals surface area contributed by atoms with Gasteiger partial charge in [-0.3, -0.25) is 4.79 Å². The summed E-state index contributed by atoms with van der Waals surface area (Å²) in [7, 11) is 0. The summed E-state index contributed by atoms with van der Waals surface area (Å²) < 4.78 is 8.37. The third kappa shape index (κ3) is 2.30. The van der Waals surface area contributed by atoms with Gasteiger partial charge in [0.2, 0.25) is 0 Å². The number of carbonyl (C=O) groups excluding carboxylic acids is 1. The Labute approximate surface area is 146 Å². The summed E-state index contributed by atoms with van der Waals surface area (Å²) >= 11 is 1.15. The van der Waals surface area contributed by atoms with Gasteiger partial charge in [0.05, 0.1) is 23.5 Å². The maximum Gasteiger partial charge on any atom is 0.322 e. The van der Waals surface area contributed by atoms with Crippen LogP contribution in [0.2, 0.25) is 0 Å². The maximum absolute atomic E-state index is 12.9. The largest absolute Gasteiger partial charge is 0.322 e. The standard InChI is InChI=1S/C16H14N6O2S/c23-14-6-8-5-10-2-4-13(15(8)19-18-14)22(10)16(24)17-9-1-3-11-12(7-9)21-25-20-11/h1,3,6-7,10,13H,2,4-5H2,(H,17,24)(H,18,23)/t10-,13+/m0/s1. The molecule has 2 bridgehead atoms. The molecule has 1 saturated heterocycles. The van der Waals surface area contributed by atoms with Crippen LogP contribution in [-0.2, 0) is 6.42 Å². The Morgan fingerprint density at radius 1 is 1.24 bits per heavy atom. The van der Waals surface area contributed by atoms with E-state index >= 15 is 0 Å². The molecule has 0 aliphatic carbocycles. The first-order chi connectivity index (χ1) is 12.2. The fourth-order valence-electron chi connectivity index (χ4n) is 3.86. The third-order valence-electron chi connectivity index (χ3n) is 4.93. The molecule has 9 heteroatoms. The van der Waals surface area contributed by atoms with E-state index in [0.29, 0.717) is 12.1 Å². The molecule has 4 heterocycles. The number of hydrogen-bond acceptors (Lipinski definition) is 6. The highest BCUT2D eigenvalue weighted by molar-refractivity contribution is 7.00. The minimum Gasteiger partial charge on any atom is -0.313 e. The van der Waals surface area contributed by atoms with E-state index in [-0.39, 0.29) is 23.7 Å². The van der Waals surface area contributed by atoms with Crippen molar-refractivity contribution in [2.24, 2.45) is 0 Å². The molecule has 8 nitrogen and oxygen atoms in total. The zero-order chi connectivity index (χ0) is 17.0. The highest BCUT2D eigenvalue weighted by Crippen LogP contribution is 2.42. The van der Waals surface area contributed by atoms with Crippen molar-refractivity contribution in [1.82, 2.24) is 23.8 Å². The van der Waals surface area contributed by atoms with Gasteiger partial charge >= 0.3 is 6.03 Å². The summed E-state index contributed by atoms with van der Waals surface area (Å²) in [5, 5.41) is 9.65. The molecule has 126 valence electrons. The lowest BCUT2D eigenvalue weighted by atomic mass is 9.99. The van der Waals surface area contributed by atoms with Gasteiger partial charge in [0.25, 0.3) is 5.56 Å². The van der Waals surface area contributed by atoms with Crippen LogP contribution in [0.1, 0.15) is 30.1 Å². The van der Waals surface area contributed by atoms with Crippen LogP contribution in [0.4, 0.5) is 10.5 Å². The number of fused-ring (bicyclic) bond motifs is 5. The molecular formula is C16H14N6O2S. The number of nitrogens with one attached hydrogen (secondary N) is 2. The van der Waals surface area contributed by atoms with E-state index in [1.165, 1.54) is 0 Å². The first-order valence-electron chi connectivity index (χ1n) is 8.09. The second-order valence-corrected chi connectivity index (χ2v) is 6.93. The molecule has 5 rings (SSSR count). The van der Waals surface area contributed by atoms with Gasteiger partial charge in [-0.25, -0.2) is 9.89 Å². The SMILES string of the molecule is O=C(Nc1ccc2nsnc2c1)N1[C@H]2CC[C@@H]1c1n[nH]c(=O)cc1C2. The topological polar surface area (TPSA) is 104 Å². The molecule has 2 N–H and O–H groups in total. The van der Waals surface area contributed by atoms with Crippen molar-refractivity contribution < 1.29 is 4.79 Å². The van der Waals surface area contributed by atoms with Crippen molar-refractivity contribution in [2.45, 2.75) is 31.3 Å². The minimum atomic E-state index is -0.193. The zero-order valence-corrected chi connectivity index (χ0v) is 13.9. The van der Waals surface area contributed by atoms with Crippen molar-refractivity contribution in [3.8, 4) is 0 Å². The summed E-state index contributed by atoms with van der Waals surface area (Å²) in [4.78, 5) is 26.2. The van der Waals surface area contributed by atoms with E-state index in [1.807, 2.05) is 23.1 Å². The fraction of sp³-hybridized carbons (Fsp3) is 0.312. The number of aromatic nitrogens is 4. The summed E-state index contributed by atoms with van der Waals surface area (Å²) in [6, 6.07) is 6.98. The van der Waals surface area contributed by atoms with Gasteiger partial charge in [-0.1, -0.05) is 0 Å². The summed E-state index contributed by atoms with van der Waals surface area (Å²) in [5.41, 5.74) is 3.86. The Hall–Kier alpha value is -2.81. The second-order valence-electron chi connectivity index (χ2n) is 6.40. The highest BCUT2D eigenvalue weighted by Gasteiger charge is 2.43. The van der Waals surface area contributed by atoms with E-state index in [4.69, 9.17) is 0 Å². The number of rotatable bonds is 1. The second kappa shape index (κ2) is 5.35. The first kappa shape index (κ1) is 14.5. The number of H-pyrrole nitrogens is 1. The van der Waals surface area contributed by atoms with E-state index in [2.05, 4.69) is 24.3 Å². The zero-order valence-electron chi connectivity index (χ0n) is 13.1. The lowest BCUT2D eigenvalue weighted by Crippen LogP contribution is -2.45. The number of nitrogens with zero attached hydrogens (tertiary/aromatic N) is 4. The van der Waals surface area contributed by atoms with Crippen LogP contribution in [0.3, 0.4) is 0 Å². The van der Waals surface area contributed by atoms with Gasteiger partial charge in [0, 0.05) is 17.8 Å². The van der Waals surface area contributed by atoms with Crippen LogP contribution < -0.4 is 10.9 Å². The van der Waals surface area contributed by atoms with Crippen molar-refractivity contribution in [3.63, 3.8) is 0 Å². The van der Waals surface area contributed by atoms with Crippen LogP contribution in [-0.4, -0.2) is 35.9 Å². The predicted octanol–water partition coefficient (Wildman–Crippen LogP) is 2.07. The highest BCUT2D eigenvalue weighted by atomic mass is 32.1. The molecule has 1 aromatic carbocycles. The smallest absolute Gasteiger partial charge is 0.313 e. The first-order valence-corrected chi connectivity index (χ1v) is 8.82. The number of anilines is 1. The lowest BCUT2D eigenvalue weighted by Gasteiger charge is -2.35. The molecule has 2 aliphatic heterocycles. The average Bonchev–Trinajstić information content (AvgIpc) is 3.18. The average molecular weight is 354 g/mol. The monoisotopic (exact) mass is 354 g/mol. The van der Waals surface area contributed by atoms with E-state index in [0.717, 1.165) is 46.9 Å². The van der Waals surface area contributed by atoms with Gasteiger partial charge in [-0.2, -0.15) is 13.8 Å². The molecule has 0 spiro atoms. The Kier molecular flexibility index (Phi) is 3.11. The molecule has 25 heavy (non-hydrogen) atoms. The van der Waals surface area contributed by atoms with Crippen molar-refractivity contribution in [3.05, 3.63) is 45.9 Å². The molecule has 0 saturated carbocycles. The molecular weight excluding hydrogens is 340 g/mol. The van der Waals surface area contributed by atoms with Crippen LogP contribution in [0.25, 0.3) is 11.0 Å². The summed E-state index contributed by atoms with van der Waals surface area (Å²) in [6.45, 7) is 0. The Morgan fingerprint density at radius 3 is 3.04 bits per heavy atom. The molecule has 2 aromatic heterocycles. The normalized spacial score (nSPS) is 21.4. The van der Waals surface area contributed by atoms with E-state index in [9.17, 15) is 9.59 Å². The number of carbonyl (C=O) groups is 1. The number of urea groups is 1. The van der Waals surface area contributed by atoms with Gasteiger partial charge in [0.1, 0.15) is 11.0 Å². The van der Waals surface area contributed by atoms with Gasteiger partial charge < -0.3 is 10.2 Å². The third-order valence-corrected chi connectivity index (χ3v) is 5.49. The molecule has 2 aliphatic rings. The molecule has 0 radical (unpaired) electrons. The fourth-order valence-corrected chi connectivity index (χ4v) is 4.38. The van der Waals surface area contributed by atoms with Crippen LogP contribution >= 0.6 is 11.7 Å². The van der Waals surface area contributed by atoms with Crippen LogP contribution in [0.15, 0.2) is 29.1 Å². The van der Waals surface area contributed by atoms with Gasteiger partial charge in [0.15, 0.2) is 0 Å². The van der Waals surface area contributed by atoms with E-state index < -0.39 is 0 Å².